The number of halogens is 1. The number of hydrogen-bond donors (Lipinski definition) is 2. The van der Waals surface area contributed by atoms with E-state index in [1.807, 2.05) is 50.2 Å². The summed E-state index contributed by atoms with van der Waals surface area (Å²) >= 11 is 0. The highest BCUT2D eigenvalue weighted by atomic mass is 19.1. The van der Waals surface area contributed by atoms with Crippen LogP contribution in [0.3, 0.4) is 0 Å². The van der Waals surface area contributed by atoms with Gasteiger partial charge in [-0.1, -0.05) is 44.2 Å². The minimum Gasteiger partial charge on any atom is -0.497 e. The zero-order valence-electron chi connectivity index (χ0n) is 15.3. The highest BCUT2D eigenvalue weighted by Crippen LogP contribution is 2.24. The van der Waals surface area contributed by atoms with Crippen LogP contribution in [0.5, 0.6) is 5.75 Å². The second-order valence-electron chi connectivity index (χ2n) is 6.49. The topological polar surface area (TPSA) is 45.7 Å². The molecule has 0 bridgehead atoms. The third-order valence-corrected chi connectivity index (χ3v) is 4.14. The minimum atomic E-state index is -0.358. The van der Waals surface area contributed by atoms with E-state index in [0.717, 1.165) is 11.3 Å². The molecular weight excluding hydrogens is 317 g/mol. The van der Waals surface area contributed by atoms with Crippen molar-refractivity contribution in [3.8, 4) is 5.75 Å². The Balaban J connectivity index is 1.92. The molecule has 5 heteroatoms. The third-order valence-electron chi connectivity index (χ3n) is 4.14. The van der Waals surface area contributed by atoms with Crippen molar-refractivity contribution in [3.05, 3.63) is 65.5 Å². The SMILES string of the molecule is CN=C(NCc1ccc(OC)cc1)NCC(C)(C)c1ccccc1F. The number of hydrogen-bond acceptors (Lipinski definition) is 2. The number of nitrogens with zero attached hydrogens (tertiary/aromatic N) is 1. The summed E-state index contributed by atoms with van der Waals surface area (Å²) in [7, 11) is 3.37. The summed E-state index contributed by atoms with van der Waals surface area (Å²) in [6.07, 6.45) is 0. The zero-order valence-corrected chi connectivity index (χ0v) is 15.3. The maximum Gasteiger partial charge on any atom is 0.191 e. The van der Waals surface area contributed by atoms with Gasteiger partial charge in [-0.05, 0) is 29.3 Å². The smallest absolute Gasteiger partial charge is 0.191 e. The molecule has 2 aromatic carbocycles. The molecule has 0 atom stereocenters. The quantitative estimate of drug-likeness (QED) is 0.623. The molecule has 134 valence electrons. The van der Waals surface area contributed by atoms with Crippen molar-refractivity contribution in [2.45, 2.75) is 25.8 Å². The summed E-state index contributed by atoms with van der Waals surface area (Å²) in [5.41, 5.74) is 1.45. The van der Waals surface area contributed by atoms with Gasteiger partial charge in [0.15, 0.2) is 5.96 Å². The Bertz CT molecular complexity index is 711. The van der Waals surface area contributed by atoms with Gasteiger partial charge in [-0.15, -0.1) is 0 Å². The number of nitrogens with one attached hydrogen (secondary N) is 2. The van der Waals surface area contributed by atoms with Crippen LogP contribution >= 0.6 is 0 Å². The van der Waals surface area contributed by atoms with E-state index in [1.165, 1.54) is 6.07 Å². The first-order valence-corrected chi connectivity index (χ1v) is 8.29. The lowest BCUT2D eigenvalue weighted by atomic mass is 9.84. The van der Waals surface area contributed by atoms with E-state index in [9.17, 15) is 4.39 Å². The Hall–Kier alpha value is -2.56. The fraction of sp³-hybridized carbons (Fsp3) is 0.350. The standard InChI is InChI=1S/C20H26FN3O/c1-20(2,17-7-5-6-8-18(17)21)14-24-19(22-3)23-13-15-9-11-16(25-4)12-10-15/h5-12H,13-14H2,1-4H3,(H2,22,23,24). The predicted molar refractivity (Wildman–Crippen MR) is 101 cm³/mol. The van der Waals surface area contributed by atoms with Gasteiger partial charge in [-0.3, -0.25) is 4.99 Å². The van der Waals surface area contributed by atoms with Crippen LogP contribution in [-0.4, -0.2) is 26.7 Å². The molecule has 0 aliphatic rings. The Morgan fingerprint density at radius 2 is 1.76 bits per heavy atom. The van der Waals surface area contributed by atoms with Gasteiger partial charge in [0.1, 0.15) is 11.6 Å². The van der Waals surface area contributed by atoms with Gasteiger partial charge in [0.05, 0.1) is 7.11 Å². The number of benzene rings is 2. The predicted octanol–water partition coefficient (Wildman–Crippen LogP) is 3.48. The monoisotopic (exact) mass is 343 g/mol. The molecule has 0 radical (unpaired) electrons. The van der Waals surface area contributed by atoms with E-state index in [4.69, 9.17) is 4.74 Å². The first-order valence-electron chi connectivity index (χ1n) is 8.29. The Kier molecular flexibility index (Phi) is 6.39. The molecule has 0 aliphatic heterocycles. The summed E-state index contributed by atoms with van der Waals surface area (Å²) in [4.78, 5) is 4.23. The molecule has 0 heterocycles. The van der Waals surface area contributed by atoms with Crippen LogP contribution in [-0.2, 0) is 12.0 Å². The zero-order chi connectivity index (χ0) is 18.3. The number of methoxy groups -OCH3 is 1. The number of guanidine groups is 1. The van der Waals surface area contributed by atoms with Crippen LogP contribution in [0.4, 0.5) is 4.39 Å². The number of ether oxygens (including phenoxy) is 1. The first-order chi connectivity index (χ1) is 12.0. The van der Waals surface area contributed by atoms with Crippen LogP contribution < -0.4 is 15.4 Å². The van der Waals surface area contributed by atoms with Crippen LogP contribution in [0.15, 0.2) is 53.5 Å². The average molecular weight is 343 g/mol. The van der Waals surface area contributed by atoms with E-state index in [2.05, 4.69) is 15.6 Å². The number of aliphatic imine (C=N–C) groups is 1. The maximum atomic E-state index is 14.0. The molecule has 0 spiro atoms. The molecule has 2 rings (SSSR count). The Morgan fingerprint density at radius 1 is 1.08 bits per heavy atom. The molecule has 2 N–H and O–H groups in total. The van der Waals surface area contributed by atoms with E-state index in [1.54, 1.807) is 20.2 Å². The molecule has 4 nitrogen and oxygen atoms in total. The Morgan fingerprint density at radius 3 is 2.36 bits per heavy atom. The molecule has 0 aromatic heterocycles. The molecule has 0 saturated heterocycles. The largest absolute Gasteiger partial charge is 0.497 e. The van der Waals surface area contributed by atoms with Gasteiger partial charge < -0.3 is 15.4 Å². The van der Waals surface area contributed by atoms with Crippen molar-refractivity contribution < 1.29 is 9.13 Å². The highest BCUT2D eigenvalue weighted by Gasteiger charge is 2.24. The van der Waals surface area contributed by atoms with Crippen molar-refractivity contribution in [2.24, 2.45) is 4.99 Å². The van der Waals surface area contributed by atoms with Crippen LogP contribution in [0, 0.1) is 5.82 Å². The van der Waals surface area contributed by atoms with Crippen molar-refractivity contribution in [3.63, 3.8) is 0 Å². The van der Waals surface area contributed by atoms with E-state index in [-0.39, 0.29) is 11.2 Å². The fourth-order valence-corrected chi connectivity index (χ4v) is 2.56. The summed E-state index contributed by atoms with van der Waals surface area (Å²) < 4.78 is 19.2. The van der Waals surface area contributed by atoms with Gasteiger partial charge in [0, 0.05) is 25.6 Å². The average Bonchev–Trinajstić information content (AvgIpc) is 2.62. The summed E-state index contributed by atoms with van der Waals surface area (Å²) in [6.45, 7) is 5.23. The minimum absolute atomic E-state index is 0.185. The lowest BCUT2D eigenvalue weighted by Gasteiger charge is -2.27. The third kappa shape index (κ3) is 5.21. The van der Waals surface area contributed by atoms with Gasteiger partial charge in [0.2, 0.25) is 0 Å². The molecule has 25 heavy (non-hydrogen) atoms. The van der Waals surface area contributed by atoms with E-state index in [0.29, 0.717) is 24.6 Å². The fourth-order valence-electron chi connectivity index (χ4n) is 2.56. The van der Waals surface area contributed by atoms with Crippen molar-refractivity contribution in [1.29, 1.82) is 0 Å². The molecule has 0 saturated carbocycles. The Labute approximate surface area is 149 Å². The molecule has 2 aromatic rings. The number of rotatable bonds is 6. The van der Waals surface area contributed by atoms with Gasteiger partial charge >= 0.3 is 0 Å². The van der Waals surface area contributed by atoms with Gasteiger partial charge in [-0.2, -0.15) is 0 Å². The van der Waals surface area contributed by atoms with Gasteiger partial charge in [0.25, 0.3) is 0 Å². The molecule has 0 aliphatic carbocycles. The van der Waals surface area contributed by atoms with E-state index >= 15 is 0 Å². The van der Waals surface area contributed by atoms with Crippen molar-refractivity contribution in [2.75, 3.05) is 20.7 Å². The van der Waals surface area contributed by atoms with Crippen LogP contribution in [0.25, 0.3) is 0 Å². The molecule has 0 amide bonds. The summed E-state index contributed by atoms with van der Waals surface area (Å²) in [6, 6.07) is 14.7. The van der Waals surface area contributed by atoms with Crippen molar-refractivity contribution in [1.82, 2.24) is 10.6 Å². The lowest BCUT2D eigenvalue weighted by Crippen LogP contribution is -2.43. The second kappa shape index (κ2) is 8.51. The van der Waals surface area contributed by atoms with Crippen LogP contribution in [0.1, 0.15) is 25.0 Å². The first kappa shape index (κ1) is 18.8. The molecular formula is C20H26FN3O. The van der Waals surface area contributed by atoms with Crippen LogP contribution in [0.2, 0.25) is 0 Å². The molecule has 0 unspecified atom stereocenters. The van der Waals surface area contributed by atoms with Crippen molar-refractivity contribution >= 4 is 5.96 Å². The summed E-state index contributed by atoms with van der Waals surface area (Å²) in [5.74, 6) is 1.33. The highest BCUT2D eigenvalue weighted by molar-refractivity contribution is 5.79. The van der Waals surface area contributed by atoms with E-state index < -0.39 is 0 Å². The summed E-state index contributed by atoms with van der Waals surface area (Å²) in [5, 5.41) is 6.54. The maximum absolute atomic E-state index is 14.0. The lowest BCUT2D eigenvalue weighted by molar-refractivity contribution is 0.414. The molecule has 0 fully saturated rings. The normalized spacial score (nSPS) is 12.0. The van der Waals surface area contributed by atoms with Gasteiger partial charge in [-0.25, -0.2) is 4.39 Å². The second-order valence-corrected chi connectivity index (χ2v) is 6.49.